The average Bonchev–Trinajstić information content (AvgIpc) is 3.53. The molecule has 3 fully saturated rings. The van der Waals surface area contributed by atoms with Crippen LogP contribution in [-0.2, 0) is 24.3 Å². The molecule has 2 unspecified atom stereocenters. The highest BCUT2D eigenvalue weighted by atomic mass is 32.2. The van der Waals surface area contributed by atoms with Crippen LogP contribution in [0.5, 0.6) is 0 Å². The fourth-order valence-electron chi connectivity index (χ4n) is 6.07. The van der Waals surface area contributed by atoms with Crippen molar-refractivity contribution >= 4 is 21.8 Å². The van der Waals surface area contributed by atoms with Crippen molar-refractivity contribution in [1.29, 1.82) is 0 Å². The molecule has 2 atom stereocenters. The number of amides is 2. The van der Waals surface area contributed by atoms with Gasteiger partial charge in [-0.1, -0.05) is 24.3 Å². The van der Waals surface area contributed by atoms with Crippen LogP contribution in [0.25, 0.3) is 11.1 Å². The zero-order valence-corrected chi connectivity index (χ0v) is 22.6. The Kier molecular flexibility index (Phi) is 7.75. The number of hydrogen-bond acceptors (Lipinski definition) is 7. The van der Waals surface area contributed by atoms with Gasteiger partial charge >= 0.3 is 0 Å². The Hall–Kier alpha value is -2.90. The minimum absolute atomic E-state index is 0.0275. The molecular weight excluding hydrogens is 527 g/mol. The molecule has 5 rings (SSSR count). The first-order valence-corrected chi connectivity index (χ1v) is 14.5. The number of carbonyl (C=O) groups excluding carboxylic acids is 2. The van der Waals surface area contributed by atoms with Crippen molar-refractivity contribution in [2.75, 3.05) is 39.9 Å². The molecule has 2 aromatic rings. The van der Waals surface area contributed by atoms with Gasteiger partial charge in [0.15, 0.2) is 0 Å². The smallest absolute Gasteiger partial charge is 0.265 e. The Balaban J connectivity index is 1.44. The lowest BCUT2D eigenvalue weighted by Crippen LogP contribution is -2.63. The SMILES string of the molecule is CN1CC2CC1CN2C(=O)CCN(C1(C(=O)NO)CCOCC1)S(=O)(=O)c1ccc(-c2ccc(F)cc2)cc1. The summed E-state index contributed by atoms with van der Waals surface area (Å²) >= 11 is 0. The first-order valence-electron chi connectivity index (χ1n) is 13.1. The molecule has 39 heavy (non-hydrogen) atoms. The summed E-state index contributed by atoms with van der Waals surface area (Å²) in [5, 5.41) is 9.60. The van der Waals surface area contributed by atoms with Crippen molar-refractivity contribution in [2.45, 2.75) is 48.2 Å². The van der Waals surface area contributed by atoms with Gasteiger partial charge in [0.1, 0.15) is 11.4 Å². The lowest BCUT2D eigenvalue weighted by atomic mass is 9.89. The minimum atomic E-state index is -4.29. The number of benzene rings is 2. The molecule has 3 heterocycles. The molecule has 12 heteroatoms. The standard InChI is InChI=1S/C27H33FN4O6S/c1-30-17-23-16-22(30)18-31(23)25(33)10-13-32(27(26(34)29-35)11-14-38-15-12-27)39(36,37)24-8-4-20(5-9-24)19-2-6-21(28)7-3-19/h2-9,22-23,35H,10-18H2,1H3,(H,29,34). The van der Waals surface area contributed by atoms with Gasteiger partial charge in [-0.05, 0) is 61.7 Å². The normalized spacial score (nSPS) is 22.8. The molecule has 3 saturated heterocycles. The monoisotopic (exact) mass is 560 g/mol. The van der Waals surface area contributed by atoms with Crippen LogP contribution in [-0.4, -0.2) is 97.1 Å². The van der Waals surface area contributed by atoms with Gasteiger partial charge in [-0.3, -0.25) is 19.7 Å². The number of carbonyl (C=O) groups is 2. The summed E-state index contributed by atoms with van der Waals surface area (Å²) in [5.41, 5.74) is 1.44. The lowest BCUT2D eigenvalue weighted by molar-refractivity contribution is -0.146. The molecule has 0 aromatic heterocycles. The average molecular weight is 561 g/mol. The maximum Gasteiger partial charge on any atom is 0.265 e. The number of fused-ring (bicyclic) bond motifs is 2. The van der Waals surface area contributed by atoms with E-state index in [1.165, 1.54) is 24.3 Å². The van der Waals surface area contributed by atoms with E-state index < -0.39 is 21.5 Å². The fraction of sp³-hybridized carbons (Fsp3) is 0.481. The summed E-state index contributed by atoms with van der Waals surface area (Å²) in [6.07, 6.45) is 0.860. The summed E-state index contributed by atoms with van der Waals surface area (Å²) in [5.74, 6) is -1.39. The van der Waals surface area contributed by atoms with Gasteiger partial charge in [-0.15, -0.1) is 0 Å². The van der Waals surface area contributed by atoms with Crippen LogP contribution < -0.4 is 5.48 Å². The fourth-order valence-corrected chi connectivity index (χ4v) is 7.86. The Morgan fingerprint density at radius 2 is 1.67 bits per heavy atom. The summed E-state index contributed by atoms with van der Waals surface area (Å²) in [6, 6.07) is 12.4. The maximum absolute atomic E-state index is 14.1. The van der Waals surface area contributed by atoms with Crippen molar-refractivity contribution < 1.29 is 32.3 Å². The van der Waals surface area contributed by atoms with Crippen LogP contribution in [0.3, 0.4) is 0 Å². The van der Waals surface area contributed by atoms with Gasteiger partial charge in [0, 0.05) is 51.4 Å². The van der Waals surface area contributed by atoms with Crippen LogP contribution >= 0.6 is 0 Å². The van der Waals surface area contributed by atoms with E-state index in [1.807, 2.05) is 11.9 Å². The van der Waals surface area contributed by atoms with Crippen molar-refractivity contribution in [3.8, 4) is 11.1 Å². The van der Waals surface area contributed by atoms with Gasteiger partial charge in [-0.2, -0.15) is 4.31 Å². The van der Waals surface area contributed by atoms with E-state index in [2.05, 4.69) is 4.90 Å². The van der Waals surface area contributed by atoms with Gasteiger partial charge in [0.2, 0.25) is 15.9 Å². The second-order valence-corrected chi connectivity index (χ2v) is 12.3. The Labute approximate surface area is 227 Å². The summed E-state index contributed by atoms with van der Waals surface area (Å²) in [7, 11) is -2.26. The number of nitrogens with zero attached hydrogens (tertiary/aromatic N) is 3. The van der Waals surface area contributed by atoms with Crippen LogP contribution in [0.15, 0.2) is 53.4 Å². The van der Waals surface area contributed by atoms with Crippen molar-refractivity contribution in [3.63, 3.8) is 0 Å². The number of nitrogens with one attached hydrogen (secondary N) is 1. The molecule has 210 valence electrons. The predicted octanol–water partition coefficient (Wildman–Crippen LogP) is 1.84. The topological polar surface area (TPSA) is 119 Å². The number of halogens is 1. The quantitative estimate of drug-likeness (QED) is 0.374. The van der Waals surface area contributed by atoms with E-state index in [0.29, 0.717) is 23.7 Å². The summed E-state index contributed by atoms with van der Waals surface area (Å²) in [6.45, 7) is 1.41. The van der Waals surface area contributed by atoms with E-state index >= 15 is 0 Å². The van der Waals surface area contributed by atoms with Crippen LogP contribution in [0.1, 0.15) is 25.7 Å². The highest BCUT2D eigenvalue weighted by molar-refractivity contribution is 7.89. The van der Waals surface area contributed by atoms with E-state index in [4.69, 9.17) is 4.74 Å². The van der Waals surface area contributed by atoms with E-state index in [1.54, 1.807) is 29.7 Å². The molecule has 2 amide bonds. The third-order valence-corrected chi connectivity index (χ3v) is 10.3. The highest BCUT2D eigenvalue weighted by Gasteiger charge is 2.51. The molecule has 10 nitrogen and oxygen atoms in total. The number of likely N-dealkylation sites (tertiary alicyclic amines) is 2. The number of likely N-dealkylation sites (N-methyl/N-ethyl adjacent to an activating group) is 1. The molecule has 0 saturated carbocycles. The molecule has 2 N–H and O–H groups in total. The molecule has 0 aliphatic carbocycles. The first kappa shape index (κ1) is 27.7. The molecule has 2 aromatic carbocycles. The van der Waals surface area contributed by atoms with Gasteiger partial charge < -0.3 is 9.64 Å². The molecule has 0 spiro atoms. The third-order valence-electron chi connectivity index (χ3n) is 8.30. The Morgan fingerprint density at radius 1 is 1.05 bits per heavy atom. The molecular formula is C27H33FN4O6S. The number of piperazine rings is 1. The van der Waals surface area contributed by atoms with Crippen LogP contribution in [0.2, 0.25) is 0 Å². The van der Waals surface area contributed by atoms with Crippen molar-refractivity contribution in [1.82, 2.24) is 19.6 Å². The lowest BCUT2D eigenvalue weighted by Gasteiger charge is -2.43. The molecule has 3 aliphatic heterocycles. The number of rotatable bonds is 8. The predicted molar refractivity (Wildman–Crippen MR) is 140 cm³/mol. The molecule has 3 aliphatic rings. The van der Waals surface area contributed by atoms with Crippen LogP contribution in [0, 0.1) is 5.82 Å². The molecule has 2 bridgehead atoms. The number of ether oxygens (including phenoxy) is 1. The van der Waals surface area contributed by atoms with Gasteiger partial charge in [0.05, 0.1) is 4.90 Å². The number of hydrogen-bond donors (Lipinski definition) is 2. The second kappa shape index (κ2) is 10.9. The highest BCUT2D eigenvalue weighted by Crippen LogP contribution is 2.35. The van der Waals surface area contributed by atoms with Crippen molar-refractivity contribution in [2.24, 2.45) is 0 Å². The second-order valence-electron chi connectivity index (χ2n) is 10.5. The molecule has 0 radical (unpaired) electrons. The van der Waals surface area contributed by atoms with E-state index in [0.717, 1.165) is 17.3 Å². The Bertz CT molecular complexity index is 1310. The maximum atomic E-state index is 14.1. The van der Waals surface area contributed by atoms with Crippen LogP contribution in [0.4, 0.5) is 4.39 Å². The largest absolute Gasteiger partial charge is 0.381 e. The summed E-state index contributed by atoms with van der Waals surface area (Å²) < 4.78 is 48.0. The van der Waals surface area contributed by atoms with Gasteiger partial charge in [0.25, 0.3) is 5.91 Å². The third kappa shape index (κ3) is 5.19. The Morgan fingerprint density at radius 3 is 2.21 bits per heavy atom. The number of sulfonamides is 1. The zero-order valence-electron chi connectivity index (χ0n) is 21.8. The van der Waals surface area contributed by atoms with Gasteiger partial charge in [-0.25, -0.2) is 18.3 Å². The minimum Gasteiger partial charge on any atom is -0.381 e. The zero-order chi connectivity index (χ0) is 27.8. The number of hydroxylamine groups is 1. The first-order chi connectivity index (χ1) is 18.7. The summed E-state index contributed by atoms with van der Waals surface area (Å²) in [4.78, 5) is 30.3. The van der Waals surface area contributed by atoms with Crippen molar-refractivity contribution in [3.05, 3.63) is 54.3 Å². The van der Waals surface area contributed by atoms with E-state index in [9.17, 15) is 27.6 Å². The van der Waals surface area contributed by atoms with E-state index in [-0.39, 0.29) is 61.7 Å².